The minimum Gasteiger partial charge on any atom is -0.260 e. The summed E-state index contributed by atoms with van der Waals surface area (Å²) in [5, 5.41) is 0.402. The molecule has 1 aromatic heterocycles. The van der Waals surface area contributed by atoms with Crippen molar-refractivity contribution in [3.63, 3.8) is 0 Å². The maximum Gasteiger partial charge on any atom is 0.242 e. The minimum absolute atomic E-state index is 0.195. The number of alkyl halides is 1. The van der Waals surface area contributed by atoms with Crippen molar-refractivity contribution in [2.75, 3.05) is 5.33 Å². The number of hydrogen-bond acceptors (Lipinski definition) is 3. The highest BCUT2D eigenvalue weighted by Gasteiger charge is 2.21. The van der Waals surface area contributed by atoms with E-state index < -0.39 is 21.9 Å². The van der Waals surface area contributed by atoms with Crippen LogP contribution in [-0.2, 0) is 10.0 Å². The summed E-state index contributed by atoms with van der Waals surface area (Å²) in [5.41, 5.74) is 0.817. The van der Waals surface area contributed by atoms with Gasteiger partial charge < -0.3 is 0 Å². The average molecular weight is 359 g/mol. The van der Waals surface area contributed by atoms with Gasteiger partial charge in [0.05, 0.1) is 12.2 Å². The van der Waals surface area contributed by atoms with Crippen LogP contribution < -0.4 is 4.72 Å². The van der Waals surface area contributed by atoms with Gasteiger partial charge in [-0.3, -0.25) is 4.98 Å². The number of nitrogens with zero attached hydrogens (tertiary/aromatic N) is 1. The van der Waals surface area contributed by atoms with Crippen LogP contribution in [0.25, 0.3) is 0 Å². The number of rotatable bonds is 5. The van der Waals surface area contributed by atoms with Crippen molar-refractivity contribution in [3.8, 4) is 0 Å². The van der Waals surface area contributed by atoms with E-state index in [0.29, 0.717) is 5.33 Å². The van der Waals surface area contributed by atoms with Gasteiger partial charge in [-0.2, -0.15) is 0 Å². The number of aromatic nitrogens is 1. The van der Waals surface area contributed by atoms with E-state index in [2.05, 4.69) is 25.6 Å². The third-order valence-corrected chi connectivity index (χ3v) is 4.73. The Hall–Kier alpha value is -1.31. The molecular formula is C13H12BrFN2O2S. The molecule has 0 bridgehead atoms. The van der Waals surface area contributed by atoms with Gasteiger partial charge in [0.1, 0.15) is 10.7 Å². The molecule has 20 heavy (non-hydrogen) atoms. The van der Waals surface area contributed by atoms with Crippen molar-refractivity contribution in [1.82, 2.24) is 9.71 Å². The summed E-state index contributed by atoms with van der Waals surface area (Å²) >= 11 is 3.28. The van der Waals surface area contributed by atoms with Crippen LogP contribution in [-0.4, -0.2) is 18.7 Å². The maximum atomic E-state index is 13.1. The largest absolute Gasteiger partial charge is 0.260 e. The molecule has 4 nitrogen and oxygen atoms in total. The normalized spacial score (nSPS) is 13.1. The molecule has 0 saturated carbocycles. The lowest BCUT2D eigenvalue weighted by molar-refractivity contribution is 0.564. The first-order valence-corrected chi connectivity index (χ1v) is 8.37. The van der Waals surface area contributed by atoms with Gasteiger partial charge in [-0.05, 0) is 11.6 Å². The monoisotopic (exact) mass is 358 g/mol. The lowest BCUT2D eigenvalue weighted by Crippen LogP contribution is -2.29. The van der Waals surface area contributed by atoms with E-state index in [1.165, 1.54) is 0 Å². The molecule has 1 heterocycles. The second-order valence-electron chi connectivity index (χ2n) is 4.08. The Balaban J connectivity index is 2.27. The Bertz CT molecular complexity index is 680. The molecule has 1 N–H and O–H groups in total. The Labute approximate surface area is 125 Å². The minimum atomic E-state index is -3.82. The summed E-state index contributed by atoms with van der Waals surface area (Å²) < 4.78 is 40.0. The van der Waals surface area contributed by atoms with Gasteiger partial charge in [-0.25, -0.2) is 17.5 Å². The van der Waals surface area contributed by atoms with E-state index in [1.54, 1.807) is 0 Å². The highest BCUT2D eigenvalue weighted by atomic mass is 79.9. The molecule has 1 aromatic carbocycles. The SMILES string of the molecule is O=S(=O)(NC(CBr)c1ccccc1)c1cncc(F)c1. The van der Waals surface area contributed by atoms with Crippen LogP contribution in [0.4, 0.5) is 4.39 Å². The number of nitrogens with one attached hydrogen (secondary N) is 1. The first-order valence-electron chi connectivity index (χ1n) is 5.77. The molecule has 2 aromatic rings. The van der Waals surface area contributed by atoms with Gasteiger partial charge >= 0.3 is 0 Å². The van der Waals surface area contributed by atoms with E-state index in [1.807, 2.05) is 30.3 Å². The summed E-state index contributed by atoms with van der Waals surface area (Å²) in [6.07, 6.45) is 2.07. The van der Waals surface area contributed by atoms with Crippen molar-refractivity contribution in [3.05, 3.63) is 60.2 Å². The summed E-state index contributed by atoms with van der Waals surface area (Å²) in [6.45, 7) is 0. The second-order valence-corrected chi connectivity index (χ2v) is 6.44. The predicted octanol–water partition coefficient (Wildman–Crippen LogP) is 2.64. The second kappa shape index (κ2) is 6.43. The molecule has 1 atom stereocenters. The number of hydrogen-bond donors (Lipinski definition) is 1. The van der Waals surface area contributed by atoms with E-state index in [4.69, 9.17) is 0 Å². The summed E-state index contributed by atoms with van der Waals surface area (Å²) in [5.74, 6) is -0.692. The van der Waals surface area contributed by atoms with Gasteiger partial charge in [-0.15, -0.1) is 0 Å². The molecule has 0 spiro atoms. The smallest absolute Gasteiger partial charge is 0.242 e. The fourth-order valence-corrected chi connectivity index (χ4v) is 3.62. The first kappa shape index (κ1) is 15.1. The lowest BCUT2D eigenvalue weighted by Gasteiger charge is -2.16. The maximum absolute atomic E-state index is 13.1. The molecule has 106 valence electrons. The molecule has 0 radical (unpaired) electrons. The van der Waals surface area contributed by atoms with Gasteiger partial charge in [0.2, 0.25) is 10.0 Å². The highest BCUT2D eigenvalue weighted by Crippen LogP contribution is 2.19. The van der Waals surface area contributed by atoms with E-state index in [9.17, 15) is 12.8 Å². The standard InChI is InChI=1S/C13H12BrFN2O2S/c14-7-13(10-4-2-1-3-5-10)17-20(18,19)12-6-11(15)8-16-9-12/h1-6,8-9,13,17H,7H2. The summed E-state index contributed by atoms with van der Waals surface area (Å²) in [6, 6.07) is 9.62. The Morgan fingerprint density at radius 3 is 2.55 bits per heavy atom. The third kappa shape index (κ3) is 3.62. The van der Waals surface area contributed by atoms with Gasteiger partial charge in [0.15, 0.2) is 0 Å². The molecule has 0 fully saturated rings. The number of halogens is 2. The van der Waals surface area contributed by atoms with Crippen LogP contribution in [0.1, 0.15) is 11.6 Å². The van der Waals surface area contributed by atoms with Gasteiger partial charge in [0.25, 0.3) is 0 Å². The molecular weight excluding hydrogens is 347 g/mol. The number of pyridine rings is 1. The quantitative estimate of drug-likeness (QED) is 0.835. The number of benzene rings is 1. The Morgan fingerprint density at radius 2 is 1.95 bits per heavy atom. The van der Waals surface area contributed by atoms with Crippen LogP contribution in [0, 0.1) is 5.82 Å². The fourth-order valence-electron chi connectivity index (χ4n) is 1.67. The number of sulfonamides is 1. The van der Waals surface area contributed by atoms with Gasteiger partial charge in [-0.1, -0.05) is 46.3 Å². The Kier molecular flexibility index (Phi) is 4.85. The molecule has 0 aliphatic carbocycles. The lowest BCUT2D eigenvalue weighted by atomic mass is 10.1. The van der Waals surface area contributed by atoms with E-state index >= 15 is 0 Å². The third-order valence-electron chi connectivity index (χ3n) is 2.64. The molecule has 0 aliphatic heterocycles. The fraction of sp³-hybridized carbons (Fsp3) is 0.154. The van der Waals surface area contributed by atoms with Crippen molar-refractivity contribution in [2.24, 2.45) is 0 Å². The van der Waals surface area contributed by atoms with Crippen LogP contribution in [0.15, 0.2) is 53.7 Å². The van der Waals surface area contributed by atoms with E-state index in [0.717, 1.165) is 24.0 Å². The molecule has 0 saturated heterocycles. The molecule has 0 aliphatic rings. The van der Waals surface area contributed by atoms with Crippen LogP contribution in [0.5, 0.6) is 0 Å². The Morgan fingerprint density at radius 1 is 1.25 bits per heavy atom. The molecule has 1 unspecified atom stereocenters. The molecule has 0 amide bonds. The molecule has 7 heteroatoms. The first-order chi connectivity index (χ1) is 9.53. The summed E-state index contributed by atoms with van der Waals surface area (Å²) in [4.78, 5) is 3.36. The van der Waals surface area contributed by atoms with Crippen LogP contribution >= 0.6 is 15.9 Å². The zero-order chi connectivity index (χ0) is 14.6. The van der Waals surface area contributed by atoms with Crippen molar-refractivity contribution in [2.45, 2.75) is 10.9 Å². The van der Waals surface area contributed by atoms with Crippen molar-refractivity contribution >= 4 is 26.0 Å². The highest BCUT2D eigenvalue weighted by molar-refractivity contribution is 9.09. The van der Waals surface area contributed by atoms with Crippen LogP contribution in [0.2, 0.25) is 0 Å². The van der Waals surface area contributed by atoms with Crippen molar-refractivity contribution < 1.29 is 12.8 Å². The van der Waals surface area contributed by atoms with E-state index in [-0.39, 0.29) is 4.90 Å². The molecule has 2 rings (SSSR count). The van der Waals surface area contributed by atoms with Crippen LogP contribution in [0.3, 0.4) is 0 Å². The average Bonchev–Trinajstić information content (AvgIpc) is 2.46. The van der Waals surface area contributed by atoms with Crippen molar-refractivity contribution in [1.29, 1.82) is 0 Å². The predicted molar refractivity (Wildman–Crippen MR) is 77.5 cm³/mol. The topological polar surface area (TPSA) is 59.1 Å². The zero-order valence-electron chi connectivity index (χ0n) is 10.3. The summed E-state index contributed by atoms with van der Waals surface area (Å²) in [7, 11) is -3.82. The zero-order valence-corrected chi connectivity index (χ0v) is 12.7. The van der Waals surface area contributed by atoms with Gasteiger partial charge in [0, 0.05) is 11.5 Å².